The van der Waals surface area contributed by atoms with Crippen LogP contribution in [0, 0.1) is 5.92 Å². The molecule has 2 aromatic rings. The quantitative estimate of drug-likeness (QED) is 0.865. The van der Waals surface area contributed by atoms with Gasteiger partial charge < -0.3 is 14.6 Å². The number of nitrogens with one attached hydrogen (secondary N) is 1. The molecule has 1 fully saturated rings. The fourth-order valence-electron chi connectivity index (χ4n) is 2.76. The summed E-state index contributed by atoms with van der Waals surface area (Å²) in [5, 5.41) is 1.98. The molecule has 0 bridgehead atoms. The lowest BCUT2D eigenvalue weighted by Crippen LogP contribution is -2.28. The number of nitrogens with zero attached hydrogens (tertiary/aromatic N) is 1. The van der Waals surface area contributed by atoms with Crippen LogP contribution in [0.2, 0.25) is 5.02 Å². The van der Waals surface area contributed by atoms with Crippen molar-refractivity contribution in [3.05, 3.63) is 52.9 Å². The van der Waals surface area contributed by atoms with E-state index in [-0.39, 0.29) is 31.1 Å². The zero-order valence-corrected chi connectivity index (χ0v) is 14.1. The van der Waals surface area contributed by atoms with E-state index in [2.05, 4.69) is 5.32 Å². The second-order valence-electron chi connectivity index (χ2n) is 5.94. The average molecular weight is 387 g/mol. The predicted octanol–water partition coefficient (Wildman–Crippen LogP) is 3.94. The highest BCUT2D eigenvalue weighted by Crippen LogP contribution is 2.36. The summed E-state index contributed by atoms with van der Waals surface area (Å²) in [4.78, 5) is 25.8. The Kier molecular flexibility index (Phi) is 4.95. The van der Waals surface area contributed by atoms with Crippen molar-refractivity contribution in [1.82, 2.24) is 4.90 Å². The van der Waals surface area contributed by atoms with Gasteiger partial charge in [0.15, 0.2) is 0 Å². The fourth-order valence-corrected chi connectivity index (χ4v) is 2.98. The molecule has 1 aliphatic heterocycles. The summed E-state index contributed by atoms with van der Waals surface area (Å²) >= 11 is 5.56. The maximum Gasteiger partial charge on any atom is 0.417 e. The van der Waals surface area contributed by atoms with Crippen LogP contribution in [-0.2, 0) is 22.3 Å². The van der Waals surface area contributed by atoms with E-state index < -0.39 is 28.6 Å². The molecule has 1 aromatic heterocycles. The van der Waals surface area contributed by atoms with Crippen molar-refractivity contribution in [2.75, 3.05) is 11.9 Å². The minimum atomic E-state index is -4.62. The Labute approximate surface area is 151 Å². The number of likely N-dealkylation sites (tertiary alicyclic amines) is 1. The molecule has 0 aliphatic carbocycles. The molecule has 138 valence electrons. The molecule has 9 heteroatoms. The van der Waals surface area contributed by atoms with Crippen molar-refractivity contribution in [3.8, 4) is 0 Å². The number of furan rings is 1. The van der Waals surface area contributed by atoms with Crippen molar-refractivity contribution in [2.24, 2.45) is 5.92 Å². The molecule has 5 nitrogen and oxygen atoms in total. The van der Waals surface area contributed by atoms with Gasteiger partial charge in [-0.15, -0.1) is 0 Å². The highest BCUT2D eigenvalue weighted by atomic mass is 35.5. The van der Waals surface area contributed by atoms with Gasteiger partial charge in [-0.05, 0) is 30.3 Å². The molecule has 0 saturated carbocycles. The Balaban J connectivity index is 1.66. The maximum atomic E-state index is 12.9. The van der Waals surface area contributed by atoms with Gasteiger partial charge in [0.2, 0.25) is 11.8 Å². The van der Waals surface area contributed by atoms with Gasteiger partial charge in [-0.2, -0.15) is 13.2 Å². The number of benzene rings is 1. The summed E-state index contributed by atoms with van der Waals surface area (Å²) in [6.07, 6.45) is -3.15. The third kappa shape index (κ3) is 4.01. The Bertz CT molecular complexity index is 821. The molecule has 1 saturated heterocycles. The predicted molar refractivity (Wildman–Crippen MR) is 87.3 cm³/mol. The normalized spacial score (nSPS) is 17.6. The van der Waals surface area contributed by atoms with E-state index in [0.29, 0.717) is 5.76 Å². The van der Waals surface area contributed by atoms with Gasteiger partial charge in [-0.1, -0.05) is 11.6 Å². The number of halogens is 4. The number of hydrogen-bond acceptors (Lipinski definition) is 3. The molecule has 3 rings (SSSR count). The van der Waals surface area contributed by atoms with E-state index in [1.807, 2.05) is 0 Å². The van der Waals surface area contributed by atoms with E-state index in [1.54, 1.807) is 12.1 Å². The van der Waals surface area contributed by atoms with Gasteiger partial charge in [0.1, 0.15) is 5.76 Å². The first kappa shape index (κ1) is 18.3. The molecular weight excluding hydrogens is 373 g/mol. The number of carbonyl (C=O) groups excluding carboxylic acids is 2. The number of hydrogen-bond donors (Lipinski definition) is 1. The van der Waals surface area contributed by atoms with E-state index >= 15 is 0 Å². The third-order valence-corrected chi connectivity index (χ3v) is 4.38. The molecule has 1 atom stereocenters. The maximum absolute atomic E-state index is 12.9. The second kappa shape index (κ2) is 7.03. The van der Waals surface area contributed by atoms with Crippen LogP contribution in [0.3, 0.4) is 0 Å². The molecule has 1 unspecified atom stereocenters. The van der Waals surface area contributed by atoms with Gasteiger partial charge in [0.25, 0.3) is 0 Å². The number of anilines is 1. The number of alkyl halides is 3. The number of rotatable bonds is 4. The molecule has 26 heavy (non-hydrogen) atoms. The summed E-state index contributed by atoms with van der Waals surface area (Å²) in [6.45, 7) is 0.417. The van der Waals surface area contributed by atoms with E-state index in [1.165, 1.54) is 17.2 Å². The Hall–Kier alpha value is -2.48. The lowest BCUT2D eigenvalue weighted by Gasteiger charge is -2.16. The highest BCUT2D eigenvalue weighted by Gasteiger charge is 2.36. The first-order chi connectivity index (χ1) is 12.2. The average Bonchev–Trinajstić information content (AvgIpc) is 3.19. The standard InChI is InChI=1S/C17H14ClF3N2O3/c18-14-4-3-11(7-13(14)17(19,20)21)22-16(25)10-6-15(24)23(8-10)9-12-2-1-5-26-12/h1-5,7,10H,6,8-9H2,(H,22,25). The van der Waals surface area contributed by atoms with Gasteiger partial charge in [0, 0.05) is 18.7 Å². The fraction of sp³-hybridized carbons (Fsp3) is 0.294. The minimum Gasteiger partial charge on any atom is -0.467 e. The van der Waals surface area contributed by atoms with Crippen molar-refractivity contribution in [2.45, 2.75) is 19.1 Å². The Morgan fingerprint density at radius 1 is 1.35 bits per heavy atom. The topological polar surface area (TPSA) is 62.6 Å². The Morgan fingerprint density at radius 3 is 2.77 bits per heavy atom. The van der Waals surface area contributed by atoms with Crippen molar-refractivity contribution >= 4 is 29.1 Å². The SMILES string of the molecule is O=C(Nc1ccc(Cl)c(C(F)(F)F)c1)C1CC(=O)N(Cc2ccco2)C1. The summed E-state index contributed by atoms with van der Waals surface area (Å²) in [7, 11) is 0. The first-order valence-electron chi connectivity index (χ1n) is 7.72. The monoisotopic (exact) mass is 386 g/mol. The van der Waals surface area contributed by atoms with Crippen LogP contribution in [0.5, 0.6) is 0 Å². The van der Waals surface area contributed by atoms with Crippen molar-refractivity contribution < 1.29 is 27.2 Å². The summed E-state index contributed by atoms with van der Waals surface area (Å²) < 4.78 is 43.9. The van der Waals surface area contributed by atoms with Gasteiger partial charge >= 0.3 is 6.18 Å². The molecular formula is C17H14ClF3N2O3. The van der Waals surface area contributed by atoms with Crippen LogP contribution >= 0.6 is 11.6 Å². The summed E-state index contributed by atoms with van der Waals surface area (Å²) in [6, 6.07) is 6.54. The zero-order chi connectivity index (χ0) is 18.9. The first-order valence-corrected chi connectivity index (χ1v) is 8.09. The molecule has 0 spiro atoms. The zero-order valence-electron chi connectivity index (χ0n) is 13.3. The van der Waals surface area contributed by atoms with Gasteiger partial charge in [-0.3, -0.25) is 9.59 Å². The third-order valence-electron chi connectivity index (χ3n) is 4.05. The van der Waals surface area contributed by atoms with E-state index in [9.17, 15) is 22.8 Å². The van der Waals surface area contributed by atoms with Crippen molar-refractivity contribution in [3.63, 3.8) is 0 Å². The largest absolute Gasteiger partial charge is 0.467 e. The molecule has 1 N–H and O–H groups in total. The van der Waals surface area contributed by atoms with Crippen LogP contribution in [0.25, 0.3) is 0 Å². The van der Waals surface area contributed by atoms with Crippen LogP contribution in [-0.4, -0.2) is 23.3 Å². The number of carbonyl (C=O) groups is 2. The van der Waals surface area contributed by atoms with Crippen LogP contribution < -0.4 is 5.32 Å². The second-order valence-corrected chi connectivity index (χ2v) is 6.34. The van der Waals surface area contributed by atoms with Crippen LogP contribution in [0.15, 0.2) is 41.0 Å². The lowest BCUT2D eigenvalue weighted by atomic mass is 10.1. The van der Waals surface area contributed by atoms with Crippen LogP contribution in [0.4, 0.5) is 18.9 Å². The molecule has 1 aliphatic rings. The van der Waals surface area contributed by atoms with E-state index in [4.69, 9.17) is 16.0 Å². The molecule has 2 heterocycles. The highest BCUT2D eigenvalue weighted by molar-refractivity contribution is 6.31. The summed E-state index contributed by atoms with van der Waals surface area (Å²) in [5.74, 6) is -0.793. The molecule has 2 amide bonds. The molecule has 0 radical (unpaired) electrons. The van der Waals surface area contributed by atoms with Gasteiger partial charge in [0.05, 0.1) is 29.3 Å². The minimum absolute atomic E-state index is 0.00768. The number of amides is 2. The van der Waals surface area contributed by atoms with Crippen molar-refractivity contribution in [1.29, 1.82) is 0 Å². The molecule has 1 aromatic carbocycles. The van der Waals surface area contributed by atoms with Crippen LogP contribution in [0.1, 0.15) is 17.7 Å². The lowest BCUT2D eigenvalue weighted by molar-refractivity contribution is -0.137. The van der Waals surface area contributed by atoms with Gasteiger partial charge in [-0.25, -0.2) is 0 Å². The Morgan fingerprint density at radius 2 is 2.12 bits per heavy atom. The van der Waals surface area contributed by atoms with E-state index in [0.717, 1.165) is 12.1 Å². The smallest absolute Gasteiger partial charge is 0.417 e. The summed E-state index contributed by atoms with van der Waals surface area (Å²) in [5.41, 5.74) is -1.05.